The first-order valence-corrected chi connectivity index (χ1v) is 16.4. The van der Waals surface area contributed by atoms with Crippen LogP contribution in [0, 0.1) is 18.8 Å². The van der Waals surface area contributed by atoms with E-state index in [0.29, 0.717) is 36.2 Å². The number of hydrogen-bond acceptors (Lipinski definition) is 6. The van der Waals surface area contributed by atoms with Gasteiger partial charge in [0, 0.05) is 60.8 Å². The quantitative estimate of drug-likeness (QED) is 0.261. The van der Waals surface area contributed by atoms with E-state index in [1.54, 1.807) is 12.1 Å². The summed E-state index contributed by atoms with van der Waals surface area (Å²) < 4.78 is 0. The number of allylic oxidation sites excluding steroid dienone is 2. The van der Waals surface area contributed by atoms with Gasteiger partial charge < -0.3 is 30.9 Å². The first-order valence-electron chi connectivity index (χ1n) is 16.4. The maximum absolute atomic E-state index is 13.8. The highest BCUT2D eigenvalue weighted by molar-refractivity contribution is 5.99. The Morgan fingerprint density at radius 3 is 2.22 bits per heavy atom. The van der Waals surface area contributed by atoms with Crippen molar-refractivity contribution >= 4 is 23.4 Å². The lowest BCUT2D eigenvalue weighted by Crippen LogP contribution is -2.44. The number of anilines is 1. The average Bonchev–Trinajstić information content (AvgIpc) is 3.02. The molecule has 4 rings (SSSR count). The molecule has 1 saturated carbocycles. The third-order valence-electron chi connectivity index (χ3n) is 9.50. The number of carbonyl (C=O) groups is 3. The molecule has 0 saturated heterocycles. The van der Waals surface area contributed by atoms with Crippen molar-refractivity contribution in [3.63, 3.8) is 0 Å². The van der Waals surface area contributed by atoms with E-state index in [0.717, 1.165) is 60.3 Å². The van der Waals surface area contributed by atoms with Gasteiger partial charge in [-0.3, -0.25) is 14.4 Å². The summed E-state index contributed by atoms with van der Waals surface area (Å²) in [6.07, 6.45) is 6.98. The van der Waals surface area contributed by atoms with Crippen molar-refractivity contribution in [2.45, 2.75) is 71.9 Å². The molecular weight excluding hydrogens is 566 g/mol. The van der Waals surface area contributed by atoms with Crippen LogP contribution >= 0.6 is 0 Å². The van der Waals surface area contributed by atoms with Gasteiger partial charge in [0.05, 0.1) is 5.92 Å². The van der Waals surface area contributed by atoms with Crippen molar-refractivity contribution in [2.75, 3.05) is 45.2 Å². The van der Waals surface area contributed by atoms with Crippen molar-refractivity contribution in [1.29, 1.82) is 0 Å². The molecule has 2 aliphatic rings. The van der Waals surface area contributed by atoms with Gasteiger partial charge in [-0.25, -0.2) is 0 Å². The van der Waals surface area contributed by atoms with Crippen LogP contribution in [0.5, 0.6) is 0 Å². The molecule has 9 nitrogen and oxygen atoms in total. The van der Waals surface area contributed by atoms with E-state index < -0.39 is 0 Å². The minimum Gasteiger partial charge on any atom is -0.396 e. The van der Waals surface area contributed by atoms with Crippen LogP contribution in [0.4, 0.5) is 5.69 Å². The monoisotopic (exact) mass is 617 g/mol. The van der Waals surface area contributed by atoms with Crippen molar-refractivity contribution in [3.05, 3.63) is 64.9 Å². The molecule has 2 aromatic carbocycles. The van der Waals surface area contributed by atoms with Crippen molar-refractivity contribution in [1.82, 2.24) is 20.9 Å². The first-order chi connectivity index (χ1) is 21.5. The maximum atomic E-state index is 13.8. The highest BCUT2D eigenvalue weighted by Gasteiger charge is 2.30. The van der Waals surface area contributed by atoms with Gasteiger partial charge in [-0.05, 0) is 114 Å². The summed E-state index contributed by atoms with van der Waals surface area (Å²) in [6.45, 7) is 9.59. The lowest BCUT2D eigenvalue weighted by Gasteiger charge is -2.40. The third-order valence-corrected chi connectivity index (χ3v) is 9.50. The molecule has 3 amide bonds. The van der Waals surface area contributed by atoms with E-state index >= 15 is 0 Å². The Labute approximate surface area is 268 Å². The van der Waals surface area contributed by atoms with Crippen LogP contribution in [0.3, 0.4) is 0 Å². The Hall–Kier alpha value is -3.69. The second-order valence-electron chi connectivity index (χ2n) is 12.8. The molecular formula is C36H51N5O4. The minimum atomic E-state index is -0.337. The molecule has 2 atom stereocenters. The van der Waals surface area contributed by atoms with Crippen LogP contribution < -0.4 is 20.9 Å². The molecule has 1 aliphatic carbocycles. The zero-order chi connectivity index (χ0) is 32.7. The summed E-state index contributed by atoms with van der Waals surface area (Å²) in [6, 6.07) is 12.5. The number of nitrogens with one attached hydrogen (secondary N) is 3. The molecule has 0 radical (unpaired) electrons. The van der Waals surface area contributed by atoms with Gasteiger partial charge in [0.1, 0.15) is 0 Å². The summed E-state index contributed by atoms with van der Waals surface area (Å²) in [5.74, 6) is -0.768. The van der Waals surface area contributed by atoms with Crippen LogP contribution in [0.2, 0.25) is 0 Å². The fraction of sp³-hybridized carbons (Fsp3) is 0.528. The number of amides is 3. The smallest absolute Gasteiger partial charge is 0.251 e. The Morgan fingerprint density at radius 1 is 0.956 bits per heavy atom. The zero-order valence-corrected chi connectivity index (χ0v) is 27.8. The molecule has 244 valence electrons. The van der Waals surface area contributed by atoms with E-state index in [-0.39, 0.29) is 42.7 Å². The highest BCUT2D eigenvalue weighted by Crippen LogP contribution is 2.36. The number of aliphatic hydroxyl groups is 1. The van der Waals surface area contributed by atoms with Gasteiger partial charge in [0.15, 0.2) is 0 Å². The predicted molar refractivity (Wildman–Crippen MR) is 180 cm³/mol. The number of nitrogens with zero attached hydrogens (tertiary/aromatic N) is 2. The molecule has 9 heteroatoms. The number of rotatable bonds is 12. The van der Waals surface area contributed by atoms with E-state index in [2.05, 4.69) is 52.8 Å². The Kier molecular flexibility index (Phi) is 11.8. The van der Waals surface area contributed by atoms with Gasteiger partial charge in [0.25, 0.3) is 11.8 Å². The van der Waals surface area contributed by atoms with E-state index in [1.165, 1.54) is 0 Å². The van der Waals surface area contributed by atoms with Crippen molar-refractivity contribution < 1.29 is 19.5 Å². The fourth-order valence-electron chi connectivity index (χ4n) is 6.76. The third kappa shape index (κ3) is 8.32. The van der Waals surface area contributed by atoms with E-state index in [1.807, 2.05) is 45.0 Å². The molecule has 0 bridgehead atoms. The van der Waals surface area contributed by atoms with Gasteiger partial charge in [-0.15, -0.1) is 0 Å². The molecule has 45 heavy (non-hydrogen) atoms. The van der Waals surface area contributed by atoms with Gasteiger partial charge >= 0.3 is 0 Å². The molecule has 4 N–H and O–H groups in total. The van der Waals surface area contributed by atoms with Crippen LogP contribution in [-0.4, -0.2) is 80.1 Å². The number of carbonyl (C=O) groups excluding carboxylic acids is 3. The van der Waals surface area contributed by atoms with Crippen molar-refractivity contribution in [2.24, 2.45) is 11.8 Å². The summed E-state index contributed by atoms with van der Waals surface area (Å²) in [7, 11) is 4.31. The standard InChI is InChI=1S/C36H51N5O4/c1-7-41(30-15-13-29(14-16-30)40(5)6)33-21-28(26-9-11-27(12-10-26)34(43)37-17-8-18-42)20-31(25(33)4)35(44)38-22-32-23(2)19-24(3)39-36(32)45/h9-12,19-21,23,29-30,32,42H,7-8,13-18,22H2,1-6H3,(H,37,43)(H,38,44)(H,39,45). The second-order valence-corrected chi connectivity index (χ2v) is 12.8. The van der Waals surface area contributed by atoms with Crippen LogP contribution in [0.15, 0.2) is 48.2 Å². The van der Waals surface area contributed by atoms with Crippen LogP contribution in [0.25, 0.3) is 11.1 Å². The molecule has 1 heterocycles. The molecule has 0 spiro atoms. The normalized spacial score (nSPS) is 21.6. The van der Waals surface area contributed by atoms with Crippen LogP contribution in [0.1, 0.15) is 79.2 Å². The SMILES string of the molecule is CCN(c1cc(-c2ccc(C(=O)NCCCO)cc2)cc(C(=O)NCC2C(=O)NC(C)=CC2C)c1C)C1CCC(N(C)C)CC1. The Bertz CT molecular complexity index is 1380. The molecule has 1 aliphatic heterocycles. The maximum Gasteiger partial charge on any atom is 0.251 e. The number of aliphatic hydroxyl groups excluding tert-OH is 1. The predicted octanol–water partition coefficient (Wildman–Crippen LogP) is 4.49. The fourth-order valence-corrected chi connectivity index (χ4v) is 6.76. The lowest BCUT2D eigenvalue weighted by atomic mass is 9.88. The van der Waals surface area contributed by atoms with Gasteiger partial charge in [-0.2, -0.15) is 0 Å². The number of benzene rings is 2. The Morgan fingerprint density at radius 2 is 1.62 bits per heavy atom. The summed E-state index contributed by atoms with van der Waals surface area (Å²) >= 11 is 0. The van der Waals surface area contributed by atoms with E-state index in [9.17, 15) is 14.4 Å². The average molecular weight is 618 g/mol. The second kappa shape index (κ2) is 15.5. The number of hydrogen-bond donors (Lipinski definition) is 4. The highest BCUT2D eigenvalue weighted by atomic mass is 16.3. The zero-order valence-electron chi connectivity index (χ0n) is 27.8. The topological polar surface area (TPSA) is 114 Å². The summed E-state index contributed by atoms with van der Waals surface area (Å²) in [5.41, 5.74) is 5.74. The summed E-state index contributed by atoms with van der Waals surface area (Å²) in [5, 5.41) is 17.8. The molecule has 0 aromatic heterocycles. The van der Waals surface area contributed by atoms with Gasteiger partial charge in [-0.1, -0.05) is 25.1 Å². The molecule has 2 aromatic rings. The molecule has 2 unspecified atom stereocenters. The minimum absolute atomic E-state index is 0.0225. The van der Waals surface area contributed by atoms with Crippen LogP contribution in [-0.2, 0) is 4.79 Å². The van der Waals surface area contributed by atoms with E-state index in [4.69, 9.17) is 5.11 Å². The van der Waals surface area contributed by atoms with Crippen molar-refractivity contribution in [3.8, 4) is 11.1 Å². The summed E-state index contributed by atoms with van der Waals surface area (Å²) in [4.78, 5) is 43.9. The lowest BCUT2D eigenvalue weighted by molar-refractivity contribution is -0.125. The largest absolute Gasteiger partial charge is 0.396 e. The Balaban J connectivity index is 1.65. The molecule has 1 fully saturated rings. The van der Waals surface area contributed by atoms with Gasteiger partial charge in [0.2, 0.25) is 5.91 Å². The first kappa shape index (κ1) is 34.2.